The Kier molecular flexibility index (Phi) is 6.18. The molecule has 2 aromatic carbocycles. The minimum Gasteiger partial charge on any atom is -0.497 e. The summed E-state index contributed by atoms with van der Waals surface area (Å²) in [5.74, 6) is 1.32. The first-order valence-electron chi connectivity index (χ1n) is 9.96. The van der Waals surface area contributed by atoms with Crippen molar-refractivity contribution in [1.29, 1.82) is 0 Å². The number of aromatic nitrogens is 3. The molecular weight excluding hydrogens is 412 g/mol. The molecule has 0 spiro atoms. The van der Waals surface area contributed by atoms with Gasteiger partial charge < -0.3 is 14.0 Å². The van der Waals surface area contributed by atoms with Crippen molar-refractivity contribution >= 4 is 32.6 Å². The van der Waals surface area contributed by atoms with Crippen LogP contribution in [-0.2, 0) is 6.54 Å². The zero-order valence-corrected chi connectivity index (χ0v) is 18.6. The van der Waals surface area contributed by atoms with E-state index in [2.05, 4.69) is 4.98 Å². The molecule has 0 atom stereocenters. The van der Waals surface area contributed by atoms with Crippen molar-refractivity contribution < 1.29 is 14.3 Å². The number of rotatable bonds is 8. The van der Waals surface area contributed by atoms with Crippen molar-refractivity contribution in [3.8, 4) is 11.5 Å². The van der Waals surface area contributed by atoms with Crippen molar-refractivity contribution in [3.05, 3.63) is 66.2 Å². The molecule has 0 aliphatic rings. The van der Waals surface area contributed by atoms with Gasteiger partial charge in [0.15, 0.2) is 5.13 Å². The number of imidazole rings is 1. The van der Waals surface area contributed by atoms with Crippen LogP contribution in [0.2, 0.25) is 0 Å². The van der Waals surface area contributed by atoms with Crippen molar-refractivity contribution in [2.75, 3.05) is 25.7 Å². The fourth-order valence-corrected chi connectivity index (χ4v) is 4.46. The van der Waals surface area contributed by atoms with Gasteiger partial charge in [-0.1, -0.05) is 17.4 Å². The number of carbonyl (C=O) groups excluding carboxylic acids is 1. The average Bonchev–Trinajstić information content (AvgIpc) is 3.47. The molecule has 2 aromatic heterocycles. The number of anilines is 1. The van der Waals surface area contributed by atoms with E-state index in [0.717, 1.165) is 28.7 Å². The Labute approximate surface area is 184 Å². The lowest BCUT2D eigenvalue weighted by atomic mass is 10.2. The minimum absolute atomic E-state index is 0.0936. The summed E-state index contributed by atoms with van der Waals surface area (Å²) in [4.78, 5) is 24.1. The molecule has 2 heterocycles. The second kappa shape index (κ2) is 9.18. The molecule has 0 aliphatic heterocycles. The Morgan fingerprint density at radius 1 is 1.13 bits per heavy atom. The van der Waals surface area contributed by atoms with E-state index < -0.39 is 0 Å². The standard InChI is InChI=1S/C23H24N4O3S/c1-16-5-10-19(30-3)20-21(16)31-23(25-20)27(13-4-12-26-14-11-24-15-26)22(28)17-6-8-18(29-2)9-7-17/h5-11,14-15H,4,12-13H2,1-3H3. The number of thiazole rings is 1. The first-order valence-corrected chi connectivity index (χ1v) is 10.8. The van der Waals surface area contributed by atoms with Gasteiger partial charge in [-0.15, -0.1) is 0 Å². The third-order valence-corrected chi connectivity index (χ3v) is 6.30. The molecule has 0 N–H and O–H groups in total. The number of aryl methyl sites for hydroxylation is 2. The van der Waals surface area contributed by atoms with Crippen LogP contribution in [-0.4, -0.2) is 41.2 Å². The number of amides is 1. The lowest BCUT2D eigenvalue weighted by Crippen LogP contribution is -2.32. The number of hydrogen-bond acceptors (Lipinski definition) is 6. The lowest BCUT2D eigenvalue weighted by molar-refractivity contribution is 0.0986. The zero-order chi connectivity index (χ0) is 21.8. The predicted molar refractivity (Wildman–Crippen MR) is 122 cm³/mol. The van der Waals surface area contributed by atoms with Gasteiger partial charge in [-0.3, -0.25) is 9.69 Å². The highest BCUT2D eigenvalue weighted by Crippen LogP contribution is 2.37. The molecule has 0 saturated carbocycles. The molecule has 160 valence electrons. The Morgan fingerprint density at radius 2 is 1.94 bits per heavy atom. The maximum Gasteiger partial charge on any atom is 0.260 e. The molecule has 0 aliphatic carbocycles. The lowest BCUT2D eigenvalue weighted by Gasteiger charge is -2.20. The number of carbonyl (C=O) groups is 1. The summed E-state index contributed by atoms with van der Waals surface area (Å²) in [6, 6.07) is 11.1. The van der Waals surface area contributed by atoms with Gasteiger partial charge in [0.2, 0.25) is 0 Å². The van der Waals surface area contributed by atoms with E-state index in [1.807, 2.05) is 29.8 Å². The molecule has 0 unspecified atom stereocenters. The fraction of sp³-hybridized carbons (Fsp3) is 0.261. The fourth-order valence-electron chi connectivity index (χ4n) is 3.38. The Balaban J connectivity index is 1.67. The van der Waals surface area contributed by atoms with Crippen LogP contribution in [0, 0.1) is 6.92 Å². The second-order valence-corrected chi connectivity index (χ2v) is 8.08. The van der Waals surface area contributed by atoms with E-state index in [1.165, 1.54) is 11.3 Å². The number of nitrogens with zero attached hydrogens (tertiary/aromatic N) is 4. The highest BCUT2D eigenvalue weighted by molar-refractivity contribution is 7.22. The van der Waals surface area contributed by atoms with Gasteiger partial charge in [-0.2, -0.15) is 0 Å². The van der Waals surface area contributed by atoms with E-state index in [0.29, 0.717) is 28.7 Å². The zero-order valence-electron chi connectivity index (χ0n) is 17.7. The third-order valence-electron chi connectivity index (χ3n) is 5.08. The van der Waals surface area contributed by atoms with Crippen LogP contribution in [0.15, 0.2) is 55.1 Å². The van der Waals surface area contributed by atoms with Gasteiger partial charge in [0.05, 0.1) is 25.2 Å². The summed E-state index contributed by atoms with van der Waals surface area (Å²) in [6.07, 6.45) is 6.22. The average molecular weight is 437 g/mol. The molecule has 7 nitrogen and oxygen atoms in total. The van der Waals surface area contributed by atoms with Gasteiger partial charge in [-0.05, 0) is 49.2 Å². The van der Waals surface area contributed by atoms with E-state index in [-0.39, 0.29) is 5.91 Å². The van der Waals surface area contributed by atoms with Gasteiger partial charge >= 0.3 is 0 Å². The molecule has 0 bridgehead atoms. The highest BCUT2D eigenvalue weighted by Gasteiger charge is 2.23. The van der Waals surface area contributed by atoms with Crippen molar-refractivity contribution in [3.63, 3.8) is 0 Å². The molecule has 0 radical (unpaired) electrons. The largest absolute Gasteiger partial charge is 0.497 e. The Bertz CT molecular complexity index is 1170. The molecule has 1 amide bonds. The Hall–Kier alpha value is -3.39. The maximum atomic E-state index is 13.5. The SMILES string of the molecule is COc1ccc(C(=O)N(CCCn2ccnc2)c2nc3c(OC)ccc(C)c3s2)cc1. The van der Waals surface area contributed by atoms with Gasteiger partial charge in [0, 0.05) is 31.0 Å². The summed E-state index contributed by atoms with van der Waals surface area (Å²) in [6.45, 7) is 3.34. The van der Waals surface area contributed by atoms with Crippen LogP contribution in [0.4, 0.5) is 5.13 Å². The maximum absolute atomic E-state index is 13.5. The minimum atomic E-state index is -0.0936. The highest BCUT2D eigenvalue weighted by atomic mass is 32.1. The summed E-state index contributed by atoms with van der Waals surface area (Å²) < 4.78 is 13.7. The van der Waals surface area contributed by atoms with Crippen LogP contribution >= 0.6 is 11.3 Å². The topological polar surface area (TPSA) is 69.5 Å². The van der Waals surface area contributed by atoms with E-state index in [4.69, 9.17) is 14.5 Å². The van der Waals surface area contributed by atoms with E-state index in [1.54, 1.807) is 55.9 Å². The molecule has 0 fully saturated rings. The van der Waals surface area contributed by atoms with Crippen LogP contribution < -0.4 is 14.4 Å². The first kappa shape index (κ1) is 20.9. The van der Waals surface area contributed by atoms with Crippen LogP contribution in [0.1, 0.15) is 22.3 Å². The summed E-state index contributed by atoms with van der Waals surface area (Å²) in [5.41, 5.74) is 2.48. The number of hydrogen-bond donors (Lipinski definition) is 0. The second-order valence-electron chi connectivity index (χ2n) is 7.10. The number of fused-ring (bicyclic) bond motifs is 1. The van der Waals surface area contributed by atoms with Crippen molar-refractivity contribution in [2.24, 2.45) is 0 Å². The van der Waals surface area contributed by atoms with E-state index >= 15 is 0 Å². The molecule has 0 saturated heterocycles. The molecular formula is C23H24N4O3S. The molecule has 4 aromatic rings. The van der Waals surface area contributed by atoms with Crippen LogP contribution in [0.25, 0.3) is 10.2 Å². The number of benzene rings is 2. The quantitative estimate of drug-likeness (QED) is 0.405. The molecule has 31 heavy (non-hydrogen) atoms. The summed E-state index contributed by atoms with van der Waals surface area (Å²) in [5, 5.41) is 0.661. The number of ether oxygens (including phenoxy) is 2. The first-order chi connectivity index (χ1) is 15.1. The summed E-state index contributed by atoms with van der Waals surface area (Å²) >= 11 is 1.51. The monoisotopic (exact) mass is 436 g/mol. The third kappa shape index (κ3) is 4.39. The normalized spacial score (nSPS) is 10.9. The summed E-state index contributed by atoms with van der Waals surface area (Å²) in [7, 11) is 3.24. The van der Waals surface area contributed by atoms with Crippen molar-refractivity contribution in [1.82, 2.24) is 14.5 Å². The van der Waals surface area contributed by atoms with Gasteiger partial charge in [0.25, 0.3) is 5.91 Å². The van der Waals surface area contributed by atoms with Gasteiger partial charge in [-0.25, -0.2) is 9.97 Å². The number of methoxy groups -OCH3 is 2. The smallest absolute Gasteiger partial charge is 0.260 e. The van der Waals surface area contributed by atoms with Crippen molar-refractivity contribution in [2.45, 2.75) is 19.9 Å². The van der Waals surface area contributed by atoms with Crippen LogP contribution in [0.3, 0.4) is 0 Å². The predicted octanol–water partition coefficient (Wildman–Crippen LogP) is 4.56. The van der Waals surface area contributed by atoms with Crippen LogP contribution in [0.5, 0.6) is 11.5 Å². The molecule has 4 rings (SSSR count). The van der Waals surface area contributed by atoms with E-state index in [9.17, 15) is 4.79 Å². The van der Waals surface area contributed by atoms with Gasteiger partial charge in [0.1, 0.15) is 17.0 Å². The Morgan fingerprint density at radius 3 is 2.61 bits per heavy atom. The molecule has 8 heteroatoms.